The molecule has 1 aromatic carbocycles. The first-order chi connectivity index (χ1) is 9.96. The largest absolute Gasteiger partial charge is 0.352 e. The highest BCUT2D eigenvalue weighted by Crippen LogP contribution is 2.16. The highest BCUT2D eigenvalue weighted by Gasteiger charge is 2.16. The smallest absolute Gasteiger partial charge is 0.253 e. The van der Waals surface area contributed by atoms with Crippen molar-refractivity contribution in [3.63, 3.8) is 0 Å². The molecule has 1 fully saturated rings. The number of rotatable bonds is 6. The zero-order valence-corrected chi connectivity index (χ0v) is 12.9. The Bertz CT molecular complexity index is 595. The molecule has 1 aliphatic heterocycles. The Morgan fingerprint density at radius 3 is 2.81 bits per heavy atom. The van der Waals surface area contributed by atoms with Crippen LogP contribution in [0.5, 0.6) is 0 Å². The molecule has 1 atom stereocenters. The number of amides is 1. The van der Waals surface area contributed by atoms with E-state index in [2.05, 4.69) is 15.4 Å². The lowest BCUT2D eigenvalue weighted by Crippen LogP contribution is -2.27. The zero-order chi connectivity index (χ0) is 15.3. The molecule has 0 bridgehead atoms. The lowest BCUT2D eigenvalue weighted by Gasteiger charge is -2.12. The van der Waals surface area contributed by atoms with Crippen molar-refractivity contribution in [3.8, 4) is 0 Å². The van der Waals surface area contributed by atoms with Gasteiger partial charge in [0.15, 0.2) is 0 Å². The number of carbonyl (C=O) groups is 1. The van der Waals surface area contributed by atoms with Gasteiger partial charge in [-0.3, -0.25) is 9.52 Å². The van der Waals surface area contributed by atoms with Crippen molar-refractivity contribution in [2.75, 3.05) is 30.6 Å². The minimum Gasteiger partial charge on any atom is -0.352 e. The lowest BCUT2D eigenvalue weighted by molar-refractivity contribution is 0.0952. The fourth-order valence-corrected chi connectivity index (χ4v) is 2.99. The summed E-state index contributed by atoms with van der Waals surface area (Å²) in [6.07, 6.45) is 3.14. The van der Waals surface area contributed by atoms with Crippen molar-refractivity contribution in [2.24, 2.45) is 5.92 Å². The summed E-state index contributed by atoms with van der Waals surface area (Å²) in [6, 6.07) is 6.59. The lowest BCUT2D eigenvalue weighted by atomic mass is 10.1. The van der Waals surface area contributed by atoms with Gasteiger partial charge in [-0.15, -0.1) is 0 Å². The average molecular weight is 311 g/mol. The molecule has 0 saturated carbocycles. The standard InChI is InChI=1S/C14H21N3O3S/c1-21(19,20)17-13-5-3-2-4-12(13)14(18)16-9-7-11-6-8-15-10-11/h2-5,11,15,17H,6-10H2,1H3,(H,16,18). The van der Waals surface area contributed by atoms with Gasteiger partial charge < -0.3 is 10.6 Å². The molecule has 116 valence electrons. The van der Waals surface area contributed by atoms with E-state index in [1.807, 2.05) is 0 Å². The molecule has 0 radical (unpaired) electrons. The number of nitrogens with one attached hydrogen (secondary N) is 3. The molecule has 1 aromatic rings. The van der Waals surface area contributed by atoms with Crippen molar-refractivity contribution in [3.05, 3.63) is 29.8 Å². The van der Waals surface area contributed by atoms with Crippen LogP contribution in [0.1, 0.15) is 23.2 Å². The van der Waals surface area contributed by atoms with Gasteiger partial charge in [0, 0.05) is 6.54 Å². The van der Waals surface area contributed by atoms with E-state index in [1.54, 1.807) is 24.3 Å². The number of hydrogen-bond acceptors (Lipinski definition) is 4. The Labute approximate surface area is 125 Å². The van der Waals surface area contributed by atoms with Gasteiger partial charge in [-0.2, -0.15) is 0 Å². The second-order valence-corrected chi connectivity index (χ2v) is 7.07. The van der Waals surface area contributed by atoms with Crippen LogP contribution in [0.2, 0.25) is 0 Å². The normalized spacial score (nSPS) is 18.4. The monoisotopic (exact) mass is 311 g/mol. The number of anilines is 1. The highest BCUT2D eigenvalue weighted by atomic mass is 32.2. The first-order valence-corrected chi connectivity index (χ1v) is 8.90. The van der Waals surface area contributed by atoms with Crippen molar-refractivity contribution in [1.29, 1.82) is 0 Å². The van der Waals surface area contributed by atoms with E-state index in [4.69, 9.17) is 0 Å². The van der Waals surface area contributed by atoms with Crippen LogP contribution in [0.25, 0.3) is 0 Å². The van der Waals surface area contributed by atoms with Crippen LogP contribution in [0, 0.1) is 5.92 Å². The van der Waals surface area contributed by atoms with Gasteiger partial charge in [-0.25, -0.2) is 8.42 Å². The molecule has 6 nitrogen and oxygen atoms in total. The van der Waals surface area contributed by atoms with Gasteiger partial charge in [0.1, 0.15) is 0 Å². The molecular formula is C14H21N3O3S. The summed E-state index contributed by atoms with van der Waals surface area (Å²) in [5, 5.41) is 6.14. The van der Waals surface area contributed by atoms with Crippen molar-refractivity contribution >= 4 is 21.6 Å². The number of benzene rings is 1. The van der Waals surface area contributed by atoms with Crippen LogP contribution >= 0.6 is 0 Å². The third kappa shape index (κ3) is 5.02. The summed E-state index contributed by atoms with van der Waals surface area (Å²) in [7, 11) is -3.41. The van der Waals surface area contributed by atoms with Gasteiger partial charge in [-0.1, -0.05) is 12.1 Å². The number of carbonyl (C=O) groups excluding carboxylic acids is 1. The Balaban J connectivity index is 1.95. The SMILES string of the molecule is CS(=O)(=O)Nc1ccccc1C(=O)NCCC1CCNC1. The predicted octanol–water partition coefficient (Wildman–Crippen LogP) is 0.788. The Hall–Kier alpha value is -1.60. The topological polar surface area (TPSA) is 87.3 Å². The molecule has 21 heavy (non-hydrogen) atoms. The van der Waals surface area contributed by atoms with Crippen molar-refractivity contribution in [2.45, 2.75) is 12.8 Å². The van der Waals surface area contributed by atoms with Gasteiger partial charge in [-0.05, 0) is 44.0 Å². The minimum absolute atomic E-state index is 0.257. The van der Waals surface area contributed by atoms with E-state index in [0.29, 0.717) is 23.7 Å². The van der Waals surface area contributed by atoms with Gasteiger partial charge >= 0.3 is 0 Å². The van der Waals surface area contributed by atoms with E-state index in [1.165, 1.54) is 0 Å². The van der Waals surface area contributed by atoms with Crippen LogP contribution in [-0.4, -0.2) is 40.2 Å². The summed E-state index contributed by atoms with van der Waals surface area (Å²) in [6.45, 7) is 2.64. The minimum atomic E-state index is -3.41. The second kappa shape index (κ2) is 6.91. The predicted molar refractivity (Wildman–Crippen MR) is 82.8 cm³/mol. The molecule has 1 unspecified atom stereocenters. The molecule has 0 aromatic heterocycles. The molecule has 0 spiro atoms. The Morgan fingerprint density at radius 1 is 1.38 bits per heavy atom. The molecule has 0 aliphatic carbocycles. The summed E-state index contributed by atoms with van der Waals surface area (Å²) < 4.78 is 25.0. The van der Waals surface area contributed by atoms with Gasteiger partial charge in [0.2, 0.25) is 10.0 Å². The third-order valence-electron chi connectivity index (χ3n) is 3.47. The summed E-state index contributed by atoms with van der Waals surface area (Å²) in [4.78, 5) is 12.2. The fourth-order valence-electron chi connectivity index (χ4n) is 2.42. The molecule has 1 amide bonds. The molecular weight excluding hydrogens is 290 g/mol. The molecule has 1 heterocycles. The summed E-state index contributed by atoms with van der Waals surface area (Å²) in [5.74, 6) is 0.349. The van der Waals surface area contributed by atoms with Crippen LogP contribution < -0.4 is 15.4 Å². The quantitative estimate of drug-likeness (QED) is 0.725. The Kier molecular flexibility index (Phi) is 5.19. The van der Waals surface area contributed by atoms with E-state index >= 15 is 0 Å². The van der Waals surface area contributed by atoms with E-state index in [9.17, 15) is 13.2 Å². The van der Waals surface area contributed by atoms with Crippen molar-refractivity contribution in [1.82, 2.24) is 10.6 Å². The molecule has 1 aliphatic rings. The first-order valence-electron chi connectivity index (χ1n) is 7.01. The van der Waals surface area contributed by atoms with Gasteiger partial charge in [0.25, 0.3) is 5.91 Å². The summed E-state index contributed by atoms with van der Waals surface area (Å²) >= 11 is 0. The zero-order valence-electron chi connectivity index (χ0n) is 12.1. The van der Waals surface area contributed by atoms with Crippen LogP contribution in [0.3, 0.4) is 0 Å². The third-order valence-corrected chi connectivity index (χ3v) is 4.06. The highest BCUT2D eigenvalue weighted by molar-refractivity contribution is 7.92. The molecule has 3 N–H and O–H groups in total. The number of sulfonamides is 1. The maximum atomic E-state index is 12.2. The maximum absolute atomic E-state index is 12.2. The molecule has 1 saturated heterocycles. The summed E-state index contributed by atoms with van der Waals surface area (Å²) in [5.41, 5.74) is 0.646. The number of para-hydroxylation sites is 1. The first kappa shape index (κ1) is 15.8. The van der Waals surface area contributed by atoms with Crippen molar-refractivity contribution < 1.29 is 13.2 Å². The van der Waals surface area contributed by atoms with E-state index in [0.717, 1.165) is 32.2 Å². The average Bonchev–Trinajstić information content (AvgIpc) is 2.90. The van der Waals surface area contributed by atoms with E-state index < -0.39 is 10.0 Å². The fraction of sp³-hybridized carbons (Fsp3) is 0.500. The van der Waals surface area contributed by atoms with Gasteiger partial charge in [0.05, 0.1) is 17.5 Å². The van der Waals surface area contributed by atoms with Crippen LogP contribution in [-0.2, 0) is 10.0 Å². The maximum Gasteiger partial charge on any atom is 0.253 e. The van der Waals surface area contributed by atoms with Crippen LogP contribution in [0.15, 0.2) is 24.3 Å². The van der Waals surface area contributed by atoms with Crippen LogP contribution in [0.4, 0.5) is 5.69 Å². The second-order valence-electron chi connectivity index (χ2n) is 5.32. The molecule has 2 rings (SSSR count). The molecule has 7 heteroatoms. The number of hydrogen-bond donors (Lipinski definition) is 3. The van der Waals surface area contributed by atoms with E-state index in [-0.39, 0.29) is 5.91 Å². The Morgan fingerprint density at radius 2 is 2.14 bits per heavy atom.